The van der Waals surface area contributed by atoms with Crippen molar-refractivity contribution in [2.24, 2.45) is 0 Å². The van der Waals surface area contributed by atoms with E-state index in [1.54, 1.807) is 0 Å². The molecular formula is C61H46GeN2. The minimum absolute atomic E-state index is 1.11. The number of fused-ring (bicyclic) bond motifs is 3. The molecule has 0 aliphatic rings. The molecule has 0 atom stereocenters. The molecule has 3 heteroatoms. The third-order valence-electron chi connectivity index (χ3n) is 12.8. The third-order valence-corrected chi connectivity index (χ3v) is 22.9. The Bertz CT molecular complexity index is 3230. The van der Waals surface area contributed by atoms with Crippen molar-refractivity contribution in [1.82, 2.24) is 4.57 Å². The molecule has 1 aromatic heterocycles. The van der Waals surface area contributed by atoms with E-state index in [2.05, 4.69) is 277 Å². The molecule has 0 radical (unpaired) electrons. The van der Waals surface area contributed by atoms with Gasteiger partial charge in [-0.15, -0.1) is 0 Å². The second kappa shape index (κ2) is 16.9. The maximum absolute atomic E-state index is 3.35. The van der Waals surface area contributed by atoms with Gasteiger partial charge >= 0.3 is 251 Å². The van der Waals surface area contributed by atoms with E-state index < -0.39 is 13.3 Å². The third kappa shape index (κ3) is 7.03. The molecule has 11 aromatic rings. The van der Waals surface area contributed by atoms with Crippen molar-refractivity contribution < 1.29 is 0 Å². The van der Waals surface area contributed by atoms with Gasteiger partial charge in [-0.05, 0) is 36.2 Å². The van der Waals surface area contributed by atoms with Gasteiger partial charge in [0.25, 0.3) is 0 Å². The zero-order valence-corrected chi connectivity index (χ0v) is 37.8. The number of para-hydroxylation sites is 1. The normalized spacial score (nSPS) is 11.5. The predicted octanol–water partition coefficient (Wildman–Crippen LogP) is 13.3. The van der Waals surface area contributed by atoms with E-state index in [0.29, 0.717) is 0 Å². The molecule has 0 aliphatic carbocycles. The molecule has 304 valence electrons. The Morgan fingerprint density at radius 1 is 0.312 bits per heavy atom. The van der Waals surface area contributed by atoms with Gasteiger partial charge in [0.2, 0.25) is 0 Å². The summed E-state index contributed by atoms with van der Waals surface area (Å²) in [5, 5.41) is 2.45. The number of hydrogen-bond acceptors (Lipinski definition) is 1. The molecule has 64 heavy (non-hydrogen) atoms. The van der Waals surface area contributed by atoms with Crippen LogP contribution in [0.15, 0.2) is 261 Å². The molecule has 0 saturated heterocycles. The van der Waals surface area contributed by atoms with E-state index in [0.717, 1.165) is 22.7 Å². The molecule has 0 spiro atoms. The van der Waals surface area contributed by atoms with Crippen LogP contribution in [0.3, 0.4) is 0 Å². The van der Waals surface area contributed by atoms with Crippen molar-refractivity contribution >= 4 is 69.7 Å². The molecule has 0 unspecified atom stereocenters. The summed E-state index contributed by atoms with van der Waals surface area (Å²) in [5.41, 5.74) is 12.9. The second-order valence-electron chi connectivity index (χ2n) is 16.6. The summed E-state index contributed by atoms with van der Waals surface area (Å²) >= 11 is -3.35. The monoisotopic (exact) mass is 880 g/mol. The predicted molar refractivity (Wildman–Crippen MR) is 275 cm³/mol. The Morgan fingerprint density at radius 2 is 0.703 bits per heavy atom. The number of hydrogen-bond donors (Lipinski definition) is 0. The number of anilines is 3. The van der Waals surface area contributed by atoms with Crippen LogP contribution in [0.25, 0.3) is 49.7 Å². The topological polar surface area (TPSA) is 8.17 Å². The number of aryl methyl sites for hydroxylation is 1. The summed E-state index contributed by atoms with van der Waals surface area (Å²) in [5.74, 6) is 0. The van der Waals surface area contributed by atoms with Crippen LogP contribution >= 0.6 is 0 Å². The quantitative estimate of drug-likeness (QED) is 0.124. The van der Waals surface area contributed by atoms with Crippen molar-refractivity contribution in [2.45, 2.75) is 6.92 Å². The fraction of sp³-hybridized carbons (Fsp3) is 0.0164. The van der Waals surface area contributed by atoms with Crippen molar-refractivity contribution in [3.05, 3.63) is 266 Å². The van der Waals surface area contributed by atoms with Gasteiger partial charge in [-0.2, -0.15) is 0 Å². The van der Waals surface area contributed by atoms with Crippen molar-refractivity contribution in [3.63, 3.8) is 0 Å². The molecule has 2 nitrogen and oxygen atoms in total. The average Bonchev–Trinajstić information content (AvgIpc) is 3.70. The van der Waals surface area contributed by atoms with E-state index in [9.17, 15) is 0 Å². The SMILES string of the molecule is Cc1ccc(N(c2ccc(-c3cc[c]([Ge]([c]4ccccc4)([c]4ccccc4)[c]4ccccc4)cc3)cc2)c2ccc3c(c2)c2ccccc2n3-c2ccc(-c3ccccc3)cc2)cc1. The van der Waals surface area contributed by atoms with Gasteiger partial charge in [-0.1, -0.05) is 66.2 Å². The Kier molecular flexibility index (Phi) is 10.4. The first kappa shape index (κ1) is 39.2. The van der Waals surface area contributed by atoms with Crippen LogP contribution in [0, 0.1) is 6.92 Å². The number of aromatic nitrogens is 1. The number of rotatable bonds is 10. The molecule has 0 fully saturated rings. The fourth-order valence-electron chi connectivity index (χ4n) is 9.73. The molecule has 10 aromatic carbocycles. The van der Waals surface area contributed by atoms with Crippen LogP contribution in [-0.4, -0.2) is 17.8 Å². The standard InChI is InChI=1S/C61H46GeN2/c1-45-26-36-54(37-27-45)63(57-42-43-61-59(44-57)58-24-14-15-25-60(58)64(61)56-40-32-48(33-41-56)46-16-6-2-7-17-46)55-38-30-49(31-39-55)47-28-34-53(35-29-47)62(50-18-8-3-9-19-50,51-20-10-4-11-21-51)52-22-12-5-13-23-52/h2-44H,1H3. The second-order valence-corrected chi connectivity index (χ2v) is 24.6. The summed E-state index contributed by atoms with van der Waals surface area (Å²) < 4.78 is 8.08. The van der Waals surface area contributed by atoms with Crippen LogP contribution in [0.1, 0.15) is 5.56 Å². The molecule has 11 rings (SSSR count). The number of benzene rings is 10. The van der Waals surface area contributed by atoms with Gasteiger partial charge in [0.1, 0.15) is 0 Å². The molecule has 1 heterocycles. The van der Waals surface area contributed by atoms with Crippen molar-refractivity contribution in [3.8, 4) is 27.9 Å². The van der Waals surface area contributed by atoms with Crippen LogP contribution in [0.4, 0.5) is 17.1 Å². The van der Waals surface area contributed by atoms with Crippen LogP contribution in [0.5, 0.6) is 0 Å². The first-order chi connectivity index (χ1) is 31.6. The summed E-state index contributed by atoms with van der Waals surface area (Å²) in [6.45, 7) is 2.15. The van der Waals surface area contributed by atoms with Crippen molar-refractivity contribution in [2.75, 3.05) is 4.90 Å². The van der Waals surface area contributed by atoms with Gasteiger partial charge in [0.15, 0.2) is 0 Å². The van der Waals surface area contributed by atoms with Gasteiger partial charge < -0.3 is 4.57 Å². The zero-order chi connectivity index (χ0) is 42.9. The summed E-state index contributed by atoms with van der Waals surface area (Å²) in [7, 11) is 0. The Hall–Kier alpha value is -7.66. The molecule has 0 bridgehead atoms. The summed E-state index contributed by atoms with van der Waals surface area (Å²) in [6.07, 6.45) is 0. The van der Waals surface area contributed by atoms with Gasteiger partial charge in [0, 0.05) is 11.1 Å². The van der Waals surface area contributed by atoms with Crippen LogP contribution in [-0.2, 0) is 0 Å². The first-order valence-corrected chi connectivity index (χ1v) is 26.3. The minimum atomic E-state index is -3.35. The zero-order valence-electron chi connectivity index (χ0n) is 35.7. The van der Waals surface area contributed by atoms with E-state index in [-0.39, 0.29) is 0 Å². The summed E-state index contributed by atoms with van der Waals surface area (Å²) in [6, 6.07) is 96.2. The molecule has 0 amide bonds. The molecule has 0 aliphatic heterocycles. The Balaban J connectivity index is 0.974. The molecule has 0 N–H and O–H groups in total. The first-order valence-electron chi connectivity index (χ1n) is 22.1. The Labute approximate surface area is 378 Å². The van der Waals surface area contributed by atoms with Crippen LogP contribution in [0.2, 0.25) is 0 Å². The fourth-order valence-corrected chi connectivity index (χ4v) is 19.7. The number of nitrogens with zero attached hydrogens (tertiary/aromatic N) is 2. The van der Waals surface area contributed by atoms with Crippen LogP contribution < -0.4 is 22.5 Å². The van der Waals surface area contributed by atoms with Gasteiger partial charge in [0.05, 0.1) is 11.0 Å². The molecular weight excluding hydrogens is 833 g/mol. The van der Waals surface area contributed by atoms with E-state index >= 15 is 0 Å². The van der Waals surface area contributed by atoms with E-state index in [1.807, 2.05) is 0 Å². The summed E-state index contributed by atoms with van der Waals surface area (Å²) in [4.78, 5) is 2.38. The van der Waals surface area contributed by atoms with Gasteiger partial charge in [-0.3, -0.25) is 0 Å². The van der Waals surface area contributed by atoms with E-state index in [1.165, 1.54) is 67.2 Å². The van der Waals surface area contributed by atoms with Gasteiger partial charge in [-0.25, -0.2) is 0 Å². The Morgan fingerprint density at radius 3 is 1.25 bits per heavy atom. The van der Waals surface area contributed by atoms with E-state index in [4.69, 9.17) is 0 Å². The average molecular weight is 880 g/mol. The molecule has 0 saturated carbocycles. The maximum atomic E-state index is 2.40. The van der Waals surface area contributed by atoms with Crippen molar-refractivity contribution in [1.29, 1.82) is 0 Å².